The largest absolute Gasteiger partial charge is 0.310 e. The summed E-state index contributed by atoms with van der Waals surface area (Å²) in [4.78, 5) is 4.22. The lowest BCUT2D eigenvalue weighted by Gasteiger charge is -2.32. The van der Waals surface area contributed by atoms with E-state index in [2.05, 4.69) is 30.2 Å². The van der Waals surface area contributed by atoms with E-state index < -0.39 is 0 Å². The molecule has 0 radical (unpaired) electrons. The van der Waals surface area contributed by atoms with E-state index in [0.717, 1.165) is 12.5 Å². The van der Waals surface area contributed by atoms with Crippen LogP contribution in [0.4, 0.5) is 0 Å². The third-order valence-electron chi connectivity index (χ3n) is 4.13. The van der Waals surface area contributed by atoms with Crippen molar-refractivity contribution < 1.29 is 0 Å². The summed E-state index contributed by atoms with van der Waals surface area (Å²) in [6.07, 6.45) is 12.1. The Labute approximate surface area is 111 Å². The Hall–Kier alpha value is -0.890. The van der Waals surface area contributed by atoms with Gasteiger partial charge in [-0.15, -0.1) is 0 Å². The van der Waals surface area contributed by atoms with Crippen molar-refractivity contribution >= 4 is 0 Å². The summed E-state index contributed by atoms with van der Waals surface area (Å²) in [5.41, 5.74) is 2.79. The van der Waals surface area contributed by atoms with E-state index in [0.29, 0.717) is 6.04 Å². The van der Waals surface area contributed by atoms with E-state index in [-0.39, 0.29) is 0 Å². The lowest BCUT2D eigenvalue weighted by atomic mass is 9.80. The number of hydrogen-bond acceptors (Lipinski definition) is 2. The molecule has 1 unspecified atom stereocenters. The quantitative estimate of drug-likeness (QED) is 0.849. The predicted octanol–water partition coefficient (Wildman–Crippen LogP) is 4.01. The van der Waals surface area contributed by atoms with Crippen molar-refractivity contribution in [3.63, 3.8) is 0 Å². The molecule has 1 aromatic heterocycles. The number of aromatic nitrogens is 1. The van der Waals surface area contributed by atoms with Crippen molar-refractivity contribution in [1.29, 1.82) is 0 Å². The molecule has 0 amide bonds. The summed E-state index contributed by atoms with van der Waals surface area (Å²) in [6, 6.07) is 2.74. The SMILES string of the molecule is CCCNC(c1ccncc1C)C1CCCCC1. The Balaban J connectivity index is 2.15. The van der Waals surface area contributed by atoms with Gasteiger partial charge in [0.2, 0.25) is 0 Å². The van der Waals surface area contributed by atoms with Crippen LogP contribution < -0.4 is 5.32 Å². The summed E-state index contributed by atoms with van der Waals surface area (Å²) in [5, 5.41) is 3.77. The standard InChI is InChI=1S/C16H26N2/c1-3-10-18-16(14-7-5-4-6-8-14)15-9-11-17-12-13(15)2/h9,11-12,14,16,18H,3-8,10H2,1-2H3. The minimum Gasteiger partial charge on any atom is -0.310 e. The number of nitrogens with one attached hydrogen (secondary N) is 1. The van der Waals surface area contributed by atoms with Gasteiger partial charge in [0.05, 0.1) is 0 Å². The van der Waals surface area contributed by atoms with Crippen LogP contribution in [0, 0.1) is 12.8 Å². The number of pyridine rings is 1. The van der Waals surface area contributed by atoms with Crippen molar-refractivity contribution in [2.75, 3.05) is 6.54 Å². The number of hydrogen-bond donors (Lipinski definition) is 1. The van der Waals surface area contributed by atoms with E-state index in [1.54, 1.807) is 0 Å². The maximum absolute atomic E-state index is 4.22. The van der Waals surface area contributed by atoms with Gasteiger partial charge in [0.15, 0.2) is 0 Å². The molecule has 0 bridgehead atoms. The Kier molecular flexibility index (Phi) is 5.18. The van der Waals surface area contributed by atoms with Crippen molar-refractivity contribution in [3.05, 3.63) is 29.6 Å². The third kappa shape index (κ3) is 3.32. The van der Waals surface area contributed by atoms with E-state index in [9.17, 15) is 0 Å². The molecule has 0 aliphatic heterocycles. The molecule has 1 fully saturated rings. The molecule has 2 heteroatoms. The normalized spacial score (nSPS) is 18.8. The van der Waals surface area contributed by atoms with Crippen molar-refractivity contribution in [1.82, 2.24) is 10.3 Å². The highest BCUT2D eigenvalue weighted by atomic mass is 14.9. The second kappa shape index (κ2) is 6.89. The molecule has 0 spiro atoms. The third-order valence-corrected chi connectivity index (χ3v) is 4.13. The first kappa shape index (κ1) is 13.5. The maximum Gasteiger partial charge on any atom is 0.0352 e. The first-order chi connectivity index (χ1) is 8.83. The van der Waals surface area contributed by atoms with Crippen LogP contribution in [-0.4, -0.2) is 11.5 Å². The van der Waals surface area contributed by atoms with Gasteiger partial charge in [0.1, 0.15) is 0 Å². The molecule has 2 nitrogen and oxygen atoms in total. The molecule has 1 aliphatic rings. The van der Waals surface area contributed by atoms with Crippen LogP contribution in [-0.2, 0) is 0 Å². The fraction of sp³-hybridized carbons (Fsp3) is 0.688. The Morgan fingerprint density at radius 3 is 2.78 bits per heavy atom. The molecular weight excluding hydrogens is 220 g/mol. The van der Waals surface area contributed by atoms with Crippen molar-refractivity contribution in [2.45, 2.75) is 58.4 Å². The molecular formula is C16H26N2. The monoisotopic (exact) mass is 246 g/mol. The van der Waals surface area contributed by atoms with E-state index >= 15 is 0 Å². The zero-order valence-electron chi connectivity index (χ0n) is 11.8. The number of aryl methyl sites for hydroxylation is 1. The van der Waals surface area contributed by atoms with Gasteiger partial charge in [-0.2, -0.15) is 0 Å². The first-order valence-corrected chi connectivity index (χ1v) is 7.46. The Morgan fingerprint density at radius 2 is 2.11 bits per heavy atom. The summed E-state index contributed by atoms with van der Waals surface area (Å²) < 4.78 is 0. The van der Waals surface area contributed by atoms with Crippen molar-refractivity contribution in [2.24, 2.45) is 5.92 Å². The number of nitrogens with zero attached hydrogens (tertiary/aromatic N) is 1. The van der Waals surface area contributed by atoms with Gasteiger partial charge in [-0.05, 0) is 55.8 Å². The smallest absolute Gasteiger partial charge is 0.0352 e. The average molecular weight is 246 g/mol. The molecule has 100 valence electrons. The molecule has 0 aromatic carbocycles. The summed E-state index contributed by atoms with van der Waals surface area (Å²) in [7, 11) is 0. The summed E-state index contributed by atoms with van der Waals surface area (Å²) in [5.74, 6) is 0.811. The Bertz CT molecular complexity index is 356. The molecule has 1 N–H and O–H groups in total. The summed E-state index contributed by atoms with van der Waals surface area (Å²) in [6.45, 7) is 5.54. The van der Waals surface area contributed by atoms with Gasteiger partial charge >= 0.3 is 0 Å². The molecule has 0 saturated heterocycles. The van der Waals surface area contributed by atoms with Gasteiger partial charge in [-0.25, -0.2) is 0 Å². The van der Waals surface area contributed by atoms with Crippen LogP contribution in [0.5, 0.6) is 0 Å². The highest BCUT2D eigenvalue weighted by Gasteiger charge is 2.25. The molecule has 1 aliphatic carbocycles. The van der Waals surface area contributed by atoms with Crippen LogP contribution in [0.25, 0.3) is 0 Å². The maximum atomic E-state index is 4.22. The molecule has 1 atom stereocenters. The molecule has 1 saturated carbocycles. The lowest BCUT2D eigenvalue weighted by molar-refractivity contribution is 0.271. The van der Waals surface area contributed by atoms with Gasteiger partial charge in [-0.3, -0.25) is 4.98 Å². The van der Waals surface area contributed by atoms with Crippen molar-refractivity contribution in [3.8, 4) is 0 Å². The van der Waals surface area contributed by atoms with Gasteiger partial charge in [0, 0.05) is 18.4 Å². The fourth-order valence-corrected chi connectivity index (χ4v) is 3.13. The summed E-state index contributed by atoms with van der Waals surface area (Å²) >= 11 is 0. The van der Waals surface area contributed by atoms with E-state index in [1.165, 1.54) is 49.7 Å². The van der Waals surface area contributed by atoms with E-state index in [1.807, 2.05) is 12.4 Å². The van der Waals surface area contributed by atoms with E-state index in [4.69, 9.17) is 0 Å². The molecule has 2 rings (SSSR count). The minimum absolute atomic E-state index is 0.535. The van der Waals surface area contributed by atoms with Gasteiger partial charge < -0.3 is 5.32 Å². The second-order valence-electron chi connectivity index (χ2n) is 5.56. The molecule has 1 aromatic rings. The minimum atomic E-state index is 0.535. The molecule has 18 heavy (non-hydrogen) atoms. The highest BCUT2D eigenvalue weighted by molar-refractivity contribution is 5.26. The zero-order valence-corrected chi connectivity index (χ0v) is 11.8. The van der Waals surface area contributed by atoms with Gasteiger partial charge in [-0.1, -0.05) is 26.2 Å². The zero-order chi connectivity index (χ0) is 12.8. The van der Waals surface area contributed by atoms with Crippen LogP contribution in [0.1, 0.15) is 62.6 Å². The van der Waals surface area contributed by atoms with Crippen LogP contribution in [0.3, 0.4) is 0 Å². The topological polar surface area (TPSA) is 24.9 Å². The average Bonchev–Trinajstić information content (AvgIpc) is 2.42. The Morgan fingerprint density at radius 1 is 1.33 bits per heavy atom. The molecule has 1 heterocycles. The second-order valence-corrected chi connectivity index (χ2v) is 5.56. The van der Waals surface area contributed by atoms with Crippen LogP contribution >= 0.6 is 0 Å². The predicted molar refractivity (Wildman–Crippen MR) is 76.6 cm³/mol. The fourth-order valence-electron chi connectivity index (χ4n) is 3.13. The van der Waals surface area contributed by atoms with Gasteiger partial charge in [0.25, 0.3) is 0 Å². The lowest BCUT2D eigenvalue weighted by Crippen LogP contribution is -2.31. The van der Waals surface area contributed by atoms with Crippen LogP contribution in [0.15, 0.2) is 18.5 Å². The first-order valence-electron chi connectivity index (χ1n) is 7.46. The number of rotatable bonds is 5. The van der Waals surface area contributed by atoms with Crippen LogP contribution in [0.2, 0.25) is 0 Å². The highest BCUT2D eigenvalue weighted by Crippen LogP contribution is 2.35.